The fraction of sp³-hybridized carbons (Fsp3) is 0.273. The summed E-state index contributed by atoms with van der Waals surface area (Å²) in [6.45, 7) is 3.75. The highest BCUT2D eigenvalue weighted by molar-refractivity contribution is 6.34. The van der Waals surface area contributed by atoms with E-state index < -0.39 is 6.10 Å². The van der Waals surface area contributed by atoms with Crippen LogP contribution in [0.5, 0.6) is 11.5 Å². The average molecular weight is 415 g/mol. The summed E-state index contributed by atoms with van der Waals surface area (Å²) in [5.74, 6) is 1.63. The predicted molar refractivity (Wildman–Crippen MR) is 115 cm³/mol. The van der Waals surface area contributed by atoms with Crippen molar-refractivity contribution in [3.8, 4) is 11.5 Å². The van der Waals surface area contributed by atoms with Gasteiger partial charge in [0, 0.05) is 18.1 Å². The van der Waals surface area contributed by atoms with Crippen molar-refractivity contribution in [1.29, 1.82) is 0 Å². The third kappa shape index (κ3) is 4.71. The maximum absolute atomic E-state index is 11.7. The third-order valence-corrected chi connectivity index (χ3v) is 4.77. The molecule has 1 unspecified atom stereocenters. The molecule has 0 aliphatic carbocycles. The number of carbonyl (C=O) groups is 1. The van der Waals surface area contributed by atoms with Crippen LogP contribution in [0.3, 0.4) is 0 Å². The minimum Gasteiger partial charge on any atom is -0.497 e. The molecule has 1 atom stereocenters. The highest BCUT2D eigenvalue weighted by atomic mass is 35.5. The highest BCUT2D eigenvalue weighted by Crippen LogP contribution is 2.32. The van der Waals surface area contributed by atoms with Crippen LogP contribution in [-0.4, -0.2) is 37.8 Å². The van der Waals surface area contributed by atoms with E-state index in [0.29, 0.717) is 23.3 Å². The molecule has 0 radical (unpaired) electrons. The van der Waals surface area contributed by atoms with Gasteiger partial charge in [-0.15, -0.1) is 0 Å². The zero-order valence-corrected chi connectivity index (χ0v) is 17.6. The summed E-state index contributed by atoms with van der Waals surface area (Å²) in [6.07, 6.45) is -0.670. The molecule has 29 heavy (non-hydrogen) atoms. The van der Waals surface area contributed by atoms with Crippen LogP contribution in [0.15, 0.2) is 48.5 Å². The van der Waals surface area contributed by atoms with Gasteiger partial charge in [-0.2, -0.15) is 0 Å². The van der Waals surface area contributed by atoms with Gasteiger partial charge in [-0.25, -0.2) is 9.78 Å². The third-order valence-electron chi connectivity index (χ3n) is 4.48. The van der Waals surface area contributed by atoms with E-state index in [1.807, 2.05) is 48.3 Å². The smallest absolute Gasteiger partial charge is 0.347 e. The molecule has 0 spiro atoms. The summed E-state index contributed by atoms with van der Waals surface area (Å²) < 4.78 is 15.8. The summed E-state index contributed by atoms with van der Waals surface area (Å²) in [6, 6.07) is 15.1. The number of benzene rings is 2. The Morgan fingerprint density at radius 2 is 1.83 bits per heavy atom. The molecule has 152 valence electrons. The van der Waals surface area contributed by atoms with Gasteiger partial charge in [-0.1, -0.05) is 17.7 Å². The van der Waals surface area contributed by atoms with Crippen molar-refractivity contribution in [3.05, 3.63) is 53.7 Å². The molecule has 1 heterocycles. The van der Waals surface area contributed by atoms with Gasteiger partial charge in [0.25, 0.3) is 0 Å². The monoisotopic (exact) mass is 414 g/mol. The maximum atomic E-state index is 11.7. The Morgan fingerprint density at radius 1 is 1.14 bits per heavy atom. The number of pyridine rings is 1. The van der Waals surface area contributed by atoms with Crippen molar-refractivity contribution in [2.75, 3.05) is 25.7 Å². The Kier molecular flexibility index (Phi) is 6.44. The van der Waals surface area contributed by atoms with Crippen molar-refractivity contribution in [2.45, 2.75) is 20.0 Å². The topological polar surface area (TPSA) is 60.9 Å². The number of halogens is 1. The molecule has 3 aromatic rings. The quantitative estimate of drug-likeness (QED) is 0.400. The Hall–Kier alpha value is -2.99. The number of aromatic nitrogens is 1. The largest absolute Gasteiger partial charge is 0.497 e. The second kappa shape index (κ2) is 9.01. The first kappa shape index (κ1) is 20.7. The number of fused-ring (bicyclic) bond motifs is 1. The van der Waals surface area contributed by atoms with Crippen LogP contribution in [0.4, 0.5) is 11.5 Å². The molecule has 0 saturated carbocycles. The number of nitrogens with zero attached hydrogens (tertiary/aromatic N) is 2. The first-order valence-corrected chi connectivity index (χ1v) is 9.62. The number of hydrogen-bond donors (Lipinski definition) is 0. The molecule has 0 fully saturated rings. The van der Waals surface area contributed by atoms with E-state index >= 15 is 0 Å². The van der Waals surface area contributed by atoms with Crippen LogP contribution in [0.25, 0.3) is 10.8 Å². The Bertz CT molecular complexity index is 1010. The second-order valence-corrected chi connectivity index (χ2v) is 6.78. The number of anilines is 2. The predicted octanol–water partition coefficient (Wildman–Crippen LogP) is 5.00. The zero-order valence-electron chi connectivity index (χ0n) is 16.8. The molecule has 0 N–H and O–H groups in total. The number of esters is 1. The van der Waals surface area contributed by atoms with Crippen LogP contribution in [-0.2, 0) is 9.53 Å². The molecule has 1 aromatic heterocycles. The van der Waals surface area contributed by atoms with E-state index in [2.05, 4.69) is 4.98 Å². The fourth-order valence-electron chi connectivity index (χ4n) is 2.86. The van der Waals surface area contributed by atoms with Crippen LogP contribution in [0.2, 0.25) is 5.15 Å². The van der Waals surface area contributed by atoms with Crippen LogP contribution in [0.1, 0.15) is 13.8 Å². The number of carbonyl (C=O) groups excluding carboxylic acids is 1. The molecule has 0 aliphatic rings. The summed E-state index contributed by atoms with van der Waals surface area (Å²) in [4.78, 5) is 18.1. The van der Waals surface area contributed by atoms with Crippen molar-refractivity contribution < 1.29 is 19.0 Å². The lowest BCUT2D eigenvalue weighted by atomic mass is 10.1. The number of methoxy groups -OCH3 is 1. The van der Waals surface area contributed by atoms with Gasteiger partial charge in [0.15, 0.2) is 6.10 Å². The summed E-state index contributed by atoms with van der Waals surface area (Å²) in [5.41, 5.74) is 0.901. The molecular formula is C22H23ClN2O4. The number of hydrogen-bond acceptors (Lipinski definition) is 6. The van der Waals surface area contributed by atoms with Crippen LogP contribution < -0.4 is 14.4 Å². The maximum Gasteiger partial charge on any atom is 0.347 e. The van der Waals surface area contributed by atoms with Crippen molar-refractivity contribution >= 4 is 39.8 Å². The average Bonchev–Trinajstić information content (AvgIpc) is 2.73. The van der Waals surface area contributed by atoms with Gasteiger partial charge in [0.1, 0.15) is 22.5 Å². The van der Waals surface area contributed by atoms with Gasteiger partial charge < -0.3 is 19.1 Å². The SMILES string of the molecule is CCOC(=O)C(C)Oc1ccc(N(C)c2cc3ccc(OC)cc3c(Cl)n2)cc1. The lowest BCUT2D eigenvalue weighted by Gasteiger charge is -2.20. The van der Waals surface area contributed by atoms with Crippen LogP contribution in [0, 0.1) is 0 Å². The van der Waals surface area contributed by atoms with Gasteiger partial charge in [-0.05, 0) is 61.7 Å². The Labute approximate surface area is 175 Å². The summed E-state index contributed by atoms with van der Waals surface area (Å²) >= 11 is 6.40. The molecule has 0 saturated heterocycles. The molecular weight excluding hydrogens is 392 g/mol. The van der Waals surface area contributed by atoms with E-state index in [-0.39, 0.29) is 5.97 Å². The highest BCUT2D eigenvalue weighted by Gasteiger charge is 2.16. The van der Waals surface area contributed by atoms with E-state index in [1.165, 1.54) is 0 Å². The van der Waals surface area contributed by atoms with E-state index in [9.17, 15) is 4.79 Å². The number of rotatable bonds is 7. The molecule has 2 aromatic carbocycles. The van der Waals surface area contributed by atoms with Crippen molar-refractivity contribution in [3.63, 3.8) is 0 Å². The normalized spacial score (nSPS) is 11.8. The molecule has 0 aliphatic heterocycles. The molecule has 0 amide bonds. The lowest BCUT2D eigenvalue weighted by molar-refractivity contribution is -0.150. The molecule has 0 bridgehead atoms. The first-order chi connectivity index (χ1) is 13.9. The van der Waals surface area contributed by atoms with Crippen molar-refractivity contribution in [1.82, 2.24) is 4.98 Å². The standard InChI is InChI=1S/C22H23ClN2O4/c1-5-28-22(26)14(2)29-17-10-7-16(8-11-17)25(3)20-12-15-6-9-18(27-4)13-19(15)21(23)24-20/h6-14H,5H2,1-4H3. The van der Waals surface area contributed by atoms with Gasteiger partial charge in [0.05, 0.1) is 13.7 Å². The zero-order chi connectivity index (χ0) is 21.0. The minimum absolute atomic E-state index is 0.324. The molecule has 3 rings (SSSR count). The summed E-state index contributed by atoms with van der Waals surface area (Å²) in [5, 5.41) is 2.21. The first-order valence-electron chi connectivity index (χ1n) is 9.24. The minimum atomic E-state index is -0.670. The van der Waals surface area contributed by atoms with E-state index in [0.717, 1.165) is 22.2 Å². The van der Waals surface area contributed by atoms with E-state index in [1.54, 1.807) is 33.1 Å². The Balaban J connectivity index is 1.79. The number of ether oxygens (including phenoxy) is 3. The molecule has 6 nitrogen and oxygen atoms in total. The fourth-order valence-corrected chi connectivity index (χ4v) is 3.11. The van der Waals surface area contributed by atoms with Gasteiger partial charge in [-0.3, -0.25) is 0 Å². The summed E-state index contributed by atoms with van der Waals surface area (Å²) in [7, 11) is 3.52. The molecule has 7 heteroatoms. The van der Waals surface area contributed by atoms with Gasteiger partial charge in [0.2, 0.25) is 0 Å². The lowest BCUT2D eigenvalue weighted by Crippen LogP contribution is -2.26. The van der Waals surface area contributed by atoms with Crippen molar-refractivity contribution in [2.24, 2.45) is 0 Å². The van der Waals surface area contributed by atoms with Gasteiger partial charge >= 0.3 is 5.97 Å². The van der Waals surface area contributed by atoms with Crippen LogP contribution >= 0.6 is 11.6 Å². The Morgan fingerprint density at radius 3 is 2.48 bits per heavy atom. The second-order valence-electron chi connectivity index (χ2n) is 6.42. The van der Waals surface area contributed by atoms with E-state index in [4.69, 9.17) is 25.8 Å².